The van der Waals surface area contributed by atoms with Gasteiger partial charge in [-0.25, -0.2) is 0 Å². The van der Waals surface area contributed by atoms with Gasteiger partial charge in [0.25, 0.3) is 0 Å². The summed E-state index contributed by atoms with van der Waals surface area (Å²) in [6.07, 6.45) is -4.81. The van der Waals surface area contributed by atoms with E-state index < -0.39 is 17.9 Å². The minimum absolute atomic E-state index is 0.247. The van der Waals surface area contributed by atoms with Crippen molar-refractivity contribution >= 4 is 0 Å². The highest BCUT2D eigenvalue weighted by Crippen LogP contribution is 2.33. The number of phenols is 1. The van der Waals surface area contributed by atoms with Gasteiger partial charge in [-0.05, 0) is 12.1 Å². The first-order valence-electron chi connectivity index (χ1n) is 3.55. The molecule has 0 bridgehead atoms. The Kier molecular flexibility index (Phi) is 2.73. The smallest absolute Gasteiger partial charge is 0.504 e. The summed E-state index contributed by atoms with van der Waals surface area (Å²) >= 11 is 0. The molecule has 78 valence electrons. The molecule has 1 N–H and O–H groups in total. The van der Waals surface area contributed by atoms with Crippen LogP contribution in [0.1, 0.15) is 0 Å². The van der Waals surface area contributed by atoms with Crippen molar-refractivity contribution < 1.29 is 27.8 Å². The van der Waals surface area contributed by atoms with Crippen LogP contribution in [0.15, 0.2) is 18.2 Å². The van der Waals surface area contributed by atoms with E-state index in [1.54, 1.807) is 0 Å². The summed E-state index contributed by atoms with van der Waals surface area (Å²) in [5.41, 5.74) is 0. The summed E-state index contributed by atoms with van der Waals surface area (Å²) in [7, 11) is 1.33. The van der Waals surface area contributed by atoms with Gasteiger partial charge in [-0.2, -0.15) is 0 Å². The molecule has 14 heavy (non-hydrogen) atoms. The molecule has 1 rings (SSSR count). The Hall–Kier alpha value is -1.59. The highest BCUT2D eigenvalue weighted by Gasteiger charge is 2.32. The summed E-state index contributed by atoms with van der Waals surface area (Å²) in [6, 6.07) is 3.25. The van der Waals surface area contributed by atoms with Gasteiger partial charge < -0.3 is 14.6 Å². The second kappa shape index (κ2) is 3.65. The van der Waals surface area contributed by atoms with Gasteiger partial charge in [0.2, 0.25) is 0 Å². The van der Waals surface area contributed by atoms with Crippen LogP contribution in [-0.4, -0.2) is 18.6 Å². The van der Waals surface area contributed by atoms with Gasteiger partial charge in [-0.1, -0.05) is 0 Å². The van der Waals surface area contributed by atoms with E-state index in [0.29, 0.717) is 0 Å². The maximum Gasteiger partial charge on any atom is 0.573 e. The van der Waals surface area contributed by atoms with Crippen LogP contribution in [0.25, 0.3) is 0 Å². The van der Waals surface area contributed by atoms with Crippen LogP contribution in [0.4, 0.5) is 13.2 Å². The third-order valence-corrected chi connectivity index (χ3v) is 1.39. The minimum atomic E-state index is -4.81. The second-order valence-electron chi connectivity index (χ2n) is 2.38. The van der Waals surface area contributed by atoms with Gasteiger partial charge >= 0.3 is 6.36 Å². The molecule has 0 radical (unpaired) electrons. The second-order valence-corrected chi connectivity index (χ2v) is 2.38. The topological polar surface area (TPSA) is 38.7 Å². The van der Waals surface area contributed by atoms with Crippen molar-refractivity contribution in [3.05, 3.63) is 18.2 Å². The van der Waals surface area contributed by atoms with Crippen molar-refractivity contribution in [1.29, 1.82) is 0 Å². The summed E-state index contributed by atoms with van der Waals surface area (Å²) in [4.78, 5) is 0. The number of ether oxygens (including phenoxy) is 2. The van der Waals surface area contributed by atoms with Crippen molar-refractivity contribution in [2.75, 3.05) is 7.11 Å². The Morgan fingerprint density at radius 3 is 2.36 bits per heavy atom. The number of hydrogen-bond donors (Lipinski definition) is 1. The van der Waals surface area contributed by atoms with Crippen molar-refractivity contribution in [3.63, 3.8) is 0 Å². The third-order valence-electron chi connectivity index (χ3n) is 1.39. The van der Waals surface area contributed by atoms with E-state index in [4.69, 9.17) is 5.11 Å². The number of phenolic OH excluding ortho intramolecular Hbond substituents is 1. The highest BCUT2D eigenvalue weighted by atomic mass is 19.4. The Morgan fingerprint density at radius 1 is 1.29 bits per heavy atom. The van der Waals surface area contributed by atoms with E-state index in [0.717, 1.165) is 12.1 Å². The maximum absolute atomic E-state index is 11.7. The SMILES string of the molecule is COc1ccc(OC(F)(F)F)c(O)c1. The zero-order valence-electron chi connectivity index (χ0n) is 7.13. The third kappa shape index (κ3) is 2.72. The normalized spacial score (nSPS) is 11.1. The van der Waals surface area contributed by atoms with Crippen LogP contribution in [0.2, 0.25) is 0 Å². The van der Waals surface area contributed by atoms with Crippen LogP contribution < -0.4 is 9.47 Å². The van der Waals surface area contributed by atoms with Gasteiger partial charge in [0, 0.05) is 6.07 Å². The molecule has 0 heterocycles. The monoisotopic (exact) mass is 208 g/mol. The van der Waals surface area contributed by atoms with Crippen LogP contribution >= 0.6 is 0 Å². The molecule has 0 unspecified atom stereocenters. The van der Waals surface area contributed by atoms with Gasteiger partial charge in [-0.3, -0.25) is 0 Å². The van der Waals surface area contributed by atoms with E-state index in [9.17, 15) is 13.2 Å². The number of rotatable bonds is 2. The largest absolute Gasteiger partial charge is 0.573 e. The molecule has 0 saturated carbocycles. The van der Waals surface area contributed by atoms with Gasteiger partial charge in [-0.15, -0.1) is 13.2 Å². The molecule has 6 heteroatoms. The van der Waals surface area contributed by atoms with Crippen molar-refractivity contribution in [3.8, 4) is 17.2 Å². The molecule has 0 atom stereocenters. The van der Waals surface area contributed by atoms with Crippen molar-refractivity contribution in [1.82, 2.24) is 0 Å². The molecule has 1 aromatic rings. The molecule has 0 aliphatic heterocycles. The first-order chi connectivity index (χ1) is 6.42. The molecule has 1 aromatic carbocycles. The molecule has 0 aromatic heterocycles. The maximum atomic E-state index is 11.7. The number of halogens is 3. The van der Waals surface area contributed by atoms with E-state index in [1.807, 2.05) is 0 Å². The Labute approximate surface area is 77.7 Å². The van der Waals surface area contributed by atoms with Gasteiger partial charge in [0.05, 0.1) is 7.11 Å². The fraction of sp³-hybridized carbons (Fsp3) is 0.250. The number of aromatic hydroxyl groups is 1. The van der Waals surface area contributed by atoms with E-state index in [2.05, 4.69) is 9.47 Å². The average molecular weight is 208 g/mol. The minimum Gasteiger partial charge on any atom is -0.504 e. The zero-order chi connectivity index (χ0) is 10.8. The van der Waals surface area contributed by atoms with Crippen LogP contribution in [0.3, 0.4) is 0 Å². The van der Waals surface area contributed by atoms with Crippen LogP contribution in [-0.2, 0) is 0 Å². The fourth-order valence-corrected chi connectivity index (χ4v) is 0.835. The molecule has 0 spiro atoms. The summed E-state index contributed by atoms with van der Waals surface area (Å²) in [6.45, 7) is 0. The number of methoxy groups -OCH3 is 1. The van der Waals surface area contributed by atoms with E-state index in [1.165, 1.54) is 13.2 Å². The number of benzene rings is 1. The zero-order valence-corrected chi connectivity index (χ0v) is 7.13. The molecule has 3 nitrogen and oxygen atoms in total. The van der Waals surface area contributed by atoms with Crippen LogP contribution in [0.5, 0.6) is 17.2 Å². The summed E-state index contributed by atoms with van der Waals surface area (Å²) in [5, 5.41) is 9.08. The molecule has 0 aliphatic carbocycles. The Bertz CT molecular complexity index is 322. The Balaban J connectivity index is 2.89. The number of hydrogen-bond acceptors (Lipinski definition) is 3. The fourth-order valence-electron chi connectivity index (χ4n) is 0.835. The molecule has 0 fully saturated rings. The number of alkyl halides is 3. The quantitative estimate of drug-likeness (QED) is 0.810. The highest BCUT2D eigenvalue weighted by molar-refractivity contribution is 5.44. The van der Waals surface area contributed by atoms with Crippen molar-refractivity contribution in [2.45, 2.75) is 6.36 Å². The van der Waals surface area contributed by atoms with E-state index >= 15 is 0 Å². The van der Waals surface area contributed by atoms with Gasteiger partial charge in [0.1, 0.15) is 5.75 Å². The molecule has 0 aliphatic rings. The predicted octanol–water partition coefficient (Wildman–Crippen LogP) is 2.30. The standard InChI is InChI=1S/C8H7F3O3/c1-13-5-2-3-7(6(12)4-5)14-8(9,10)11/h2-4,12H,1H3. The van der Waals surface area contributed by atoms with Crippen LogP contribution in [0, 0.1) is 0 Å². The molecule has 0 amide bonds. The summed E-state index contributed by atoms with van der Waals surface area (Å²) in [5.74, 6) is -1.03. The molecule has 0 saturated heterocycles. The predicted molar refractivity (Wildman–Crippen MR) is 41.3 cm³/mol. The lowest BCUT2D eigenvalue weighted by molar-refractivity contribution is -0.275. The lowest BCUT2D eigenvalue weighted by atomic mass is 10.3. The Morgan fingerprint density at radius 2 is 1.93 bits per heavy atom. The lowest BCUT2D eigenvalue weighted by Crippen LogP contribution is -2.17. The summed E-state index contributed by atoms with van der Waals surface area (Å²) < 4.78 is 43.4. The first kappa shape index (κ1) is 10.5. The average Bonchev–Trinajstić information content (AvgIpc) is 2.06. The van der Waals surface area contributed by atoms with Crippen molar-refractivity contribution in [2.24, 2.45) is 0 Å². The molecular weight excluding hydrogens is 201 g/mol. The van der Waals surface area contributed by atoms with Gasteiger partial charge in [0.15, 0.2) is 11.5 Å². The molecular formula is C8H7F3O3. The lowest BCUT2D eigenvalue weighted by Gasteiger charge is -2.10. The van der Waals surface area contributed by atoms with E-state index in [-0.39, 0.29) is 5.75 Å². The first-order valence-corrected chi connectivity index (χ1v) is 3.55.